The van der Waals surface area contributed by atoms with Crippen molar-refractivity contribution in [2.45, 2.75) is 37.8 Å². The average Bonchev–Trinajstić information content (AvgIpc) is 3.47. The van der Waals surface area contributed by atoms with E-state index in [4.69, 9.17) is 31.0 Å². The molecule has 3 aromatic carbocycles. The molecule has 46 heavy (non-hydrogen) atoms. The average molecular weight is 641 g/mol. The Kier molecular flexibility index (Phi) is 8.13. The highest BCUT2D eigenvalue weighted by Gasteiger charge is 2.35. The van der Waals surface area contributed by atoms with E-state index in [1.165, 1.54) is 4.90 Å². The second-order valence-corrected chi connectivity index (χ2v) is 12.6. The smallest absolute Gasteiger partial charge is 0.319 e. The molecule has 0 N–H and O–H groups in total. The number of likely N-dealkylation sites (N-methyl/N-ethyl adjacent to an activating group) is 1. The van der Waals surface area contributed by atoms with Crippen LogP contribution in [0.2, 0.25) is 5.02 Å². The molecular formula is C35H34ClFN6O3. The maximum atomic E-state index is 13.9. The monoisotopic (exact) mass is 640 g/mol. The lowest BCUT2D eigenvalue weighted by molar-refractivity contribution is -0.131. The van der Waals surface area contributed by atoms with E-state index in [1.807, 2.05) is 23.1 Å². The molecule has 0 spiro atoms. The summed E-state index contributed by atoms with van der Waals surface area (Å²) in [4.78, 5) is 28.2. The van der Waals surface area contributed by atoms with E-state index in [0.717, 1.165) is 71.0 Å². The molecule has 3 aliphatic heterocycles. The van der Waals surface area contributed by atoms with Gasteiger partial charge in [0.2, 0.25) is 0 Å². The number of ether oxygens (including phenoxy) is 2. The van der Waals surface area contributed by atoms with Crippen LogP contribution in [0.3, 0.4) is 0 Å². The lowest BCUT2D eigenvalue weighted by Gasteiger charge is -2.41. The molecule has 11 heteroatoms. The number of fused-ring (bicyclic) bond motifs is 4. The minimum atomic E-state index is -1.04. The Balaban J connectivity index is 1.41. The number of rotatable bonds is 6. The fourth-order valence-corrected chi connectivity index (χ4v) is 7.31. The molecule has 2 fully saturated rings. The van der Waals surface area contributed by atoms with Crippen LogP contribution in [0.25, 0.3) is 32.8 Å². The van der Waals surface area contributed by atoms with E-state index >= 15 is 0 Å². The molecule has 7 rings (SSSR count). The van der Waals surface area contributed by atoms with Gasteiger partial charge in [-0.05, 0) is 55.0 Å². The quantitative estimate of drug-likeness (QED) is 0.240. The zero-order valence-electron chi connectivity index (χ0n) is 25.6. The summed E-state index contributed by atoms with van der Waals surface area (Å²) >= 11 is 6.80. The SMILES string of the molecule is C=C(F)C(=O)N1CCN(c2nc(O[C@@H]3CCN(C)C3)nc3cc(-c4cccc5cccc(Cl)c45)c4c(c23)OCCC4)C[C@@H]1CC#N. The number of nitrogens with zero attached hydrogens (tertiary/aromatic N) is 6. The predicted octanol–water partition coefficient (Wildman–Crippen LogP) is 5.93. The van der Waals surface area contributed by atoms with Gasteiger partial charge in [-0.3, -0.25) is 4.79 Å². The highest BCUT2D eigenvalue weighted by atomic mass is 35.5. The Morgan fingerprint density at radius 3 is 2.74 bits per heavy atom. The van der Waals surface area contributed by atoms with Crippen LogP contribution in [0.1, 0.15) is 24.8 Å². The molecule has 1 amide bonds. The lowest BCUT2D eigenvalue weighted by Crippen LogP contribution is -2.55. The maximum absolute atomic E-state index is 13.9. The van der Waals surface area contributed by atoms with Crippen LogP contribution in [0.15, 0.2) is 54.9 Å². The summed E-state index contributed by atoms with van der Waals surface area (Å²) in [6, 6.07) is 16.0. The van der Waals surface area contributed by atoms with Crippen molar-refractivity contribution in [2.75, 3.05) is 51.3 Å². The van der Waals surface area contributed by atoms with Crippen molar-refractivity contribution >= 4 is 45.0 Å². The first-order chi connectivity index (χ1) is 22.3. The van der Waals surface area contributed by atoms with E-state index in [1.54, 1.807) is 0 Å². The van der Waals surface area contributed by atoms with E-state index in [0.29, 0.717) is 29.5 Å². The standard InChI is InChI=1S/C35H34ClFN6O3/c1-21(37)34(44)43-16-15-42(19-23(43)11-13-38)33-31-29(39-35(40-33)46-24-12-14-41(2)20-24)18-27(26-9-5-17-45-32(26)31)25-8-3-6-22-7-4-10-28(36)30(22)25/h3-4,6-8,10,18,23-24H,1,5,9,11-12,14-17,19-20H2,2H3/t23-,24+/m0/s1. The van der Waals surface area contributed by atoms with Gasteiger partial charge >= 0.3 is 6.01 Å². The van der Waals surface area contributed by atoms with Crippen LogP contribution in [-0.2, 0) is 11.2 Å². The Bertz CT molecular complexity index is 1910. The van der Waals surface area contributed by atoms with Gasteiger partial charge in [0, 0.05) is 48.7 Å². The zero-order valence-corrected chi connectivity index (χ0v) is 26.4. The number of anilines is 1. The van der Waals surface area contributed by atoms with Gasteiger partial charge in [-0.2, -0.15) is 15.2 Å². The van der Waals surface area contributed by atoms with Crippen molar-refractivity contribution < 1.29 is 18.7 Å². The van der Waals surface area contributed by atoms with Gasteiger partial charge in [-0.25, -0.2) is 4.39 Å². The van der Waals surface area contributed by atoms with Gasteiger partial charge in [0.05, 0.1) is 36.0 Å². The number of benzene rings is 3. The van der Waals surface area contributed by atoms with Crippen LogP contribution < -0.4 is 14.4 Å². The van der Waals surface area contributed by atoms with Crippen molar-refractivity contribution in [3.05, 3.63) is 65.5 Å². The highest BCUT2D eigenvalue weighted by molar-refractivity contribution is 6.36. The van der Waals surface area contributed by atoms with Gasteiger partial charge in [-0.15, -0.1) is 0 Å². The van der Waals surface area contributed by atoms with Crippen LogP contribution in [0, 0.1) is 11.3 Å². The van der Waals surface area contributed by atoms with Gasteiger partial charge in [-0.1, -0.05) is 48.5 Å². The number of hydrogen-bond acceptors (Lipinski definition) is 8. The Morgan fingerprint density at radius 2 is 1.98 bits per heavy atom. The third kappa shape index (κ3) is 5.48. The summed E-state index contributed by atoms with van der Waals surface area (Å²) in [6.07, 6.45) is 2.49. The summed E-state index contributed by atoms with van der Waals surface area (Å²) in [5.74, 6) is -0.496. The number of aromatic nitrogens is 2. The van der Waals surface area contributed by atoms with E-state index in [9.17, 15) is 14.4 Å². The minimum Gasteiger partial charge on any atom is -0.492 e. The van der Waals surface area contributed by atoms with Crippen LogP contribution in [0.4, 0.5) is 10.2 Å². The van der Waals surface area contributed by atoms with E-state index in [2.05, 4.69) is 48.9 Å². The summed E-state index contributed by atoms with van der Waals surface area (Å²) in [6.45, 7) is 6.28. The molecule has 236 valence electrons. The first-order valence-electron chi connectivity index (χ1n) is 15.6. The number of halogens is 2. The number of amides is 1. The molecule has 4 heterocycles. The molecule has 2 saturated heterocycles. The molecule has 9 nitrogen and oxygen atoms in total. The van der Waals surface area contributed by atoms with Crippen molar-refractivity contribution in [3.63, 3.8) is 0 Å². The summed E-state index contributed by atoms with van der Waals surface area (Å²) < 4.78 is 26.8. The zero-order chi connectivity index (χ0) is 31.9. The first kappa shape index (κ1) is 30.2. The van der Waals surface area contributed by atoms with Gasteiger partial charge in [0.25, 0.3) is 5.91 Å². The van der Waals surface area contributed by atoms with Crippen molar-refractivity contribution in [1.82, 2.24) is 19.8 Å². The van der Waals surface area contributed by atoms with Crippen LogP contribution in [0.5, 0.6) is 11.8 Å². The number of nitriles is 1. The second-order valence-electron chi connectivity index (χ2n) is 12.2. The van der Waals surface area contributed by atoms with Crippen molar-refractivity contribution in [3.8, 4) is 29.0 Å². The highest BCUT2D eigenvalue weighted by Crippen LogP contribution is 2.46. The predicted molar refractivity (Wildman–Crippen MR) is 176 cm³/mol. The first-order valence-corrected chi connectivity index (χ1v) is 16.0. The second kappa shape index (κ2) is 12.4. The van der Waals surface area contributed by atoms with Crippen LogP contribution in [-0.4, -0.2) is 84.2 Å². The topological polar surface area (TPSA) is 94.8 Å². The third-order valence-electron chi connectivity index (χ3n) is 9.19. The molecule has 3 aliphatic rings. The van der Waals surface area contributed by atoms with Crippen LogP contribution >= 0.6 is 11.6 Å². The molecule has 4 aromatic rings. The third-order valence-corrected chi connectivity index (χ3v) is 9.50. The summed E-state index contributed by atoms with van der Waals surface area (Å²) in [5, 5.41) is 13.0. The van der Waals surface area contributed by atoms with Crippen molar-refractivity contribution in [2.24, 2.45) is 0 Å². The number of piperazine rings is 1. The Hall–Kier alpha value is -4.46. The molecule has 2 atom stereocenters. The lowest BCUT2D eigenvalue weighted by atomic mass is 9.89. The van der Waals surface area contributed by atoms with Gasteiger partial charge in [0.1, 0.15) is 17.7 Å². The molecular weight excluding hydrogens is 607 g/mol. The maximum Gasteiger partial charge on any atom is 0.319 e. The van der Waals surface area contributed by atoms with Crippen molar-refractivity contribution in [1.29, 1.82) is 5.26 Å². The molecule has 1 aromatic heterocycles. The molecule has 0 radical (unpaired) electrons. The fraction of sp³-hybridized carbons (Fsp3) is 0.371. The Morgan fingerprint density at radius 1 is 1.15 bits per heavy atom. The fourth-order valence-electron chi connectivity index (χ4n) is 7.03. The minimum absolute atomic E-state index is 0.0386. The molecule has 0 aliphatic carbocycles. The number of carbonyl (C=O) groups excluding carboxylic acids is 1. The van der Waals surface area contributed by atoms with E-state index < -0.39 is 17.8 Å². The normalized spacial score (nSPS) is 20.0. The molecule has 0 unspecified atom stereocenters. The number of likely N-dealkylation sites (tertiary alicyclic amines) is 1. The summed E-state index contributed by atoms with van der Waals surface area (Å²) in [7, 11) is 2.06. The van der Waals surface area contributed by atoms with Gasteiger partial charge < -0.3 is 24.2 Å². The van der Waals surface area contributed by atoms with Gasteiger partial charge in [0.15, 0.2) is 5.83 Å². The Labute approximate surface area is 271 Å². The molecule has 0 saturated carbocycles. The molecule has 0 bridgehead atoms. The number of hydrogen-bond donors (Lipinski definition) is 0. The largest absolute Gasteiger partial charge is 0.492 e. The summed E-state index contributed by atoms with van der Waals surface area (Å²) in [5.41, 5.74) is 3.72. The number of carbonyl (C=O) groups is 1. The van der Waals surface area contributed by atoms with E-state index in [-0.39, 0.29) is 31.6 Å².